The van der Waals surface area contributed by atoms with Gasteiger partial charge in [0.15, 0.2) is 5.25 Å². The van der Waals surface area contributed by atoms with E-state index in [2.05, 4.69) is 9.46 Å². The molecule has 0 heterocycles. The number of nitrogens with two attached hydrogens (primary N) is 1. The standard InChI is InChI=1S/C11H22N2O4S/c1-8(11(14)17-2)18(15,16)13-10-7-5-3-4-6-9(10)12/h8-10,13H,3-7,12H2,1-2H3. The van der Waals surface area contributed by atoms with Crippen LogP contribution in [0.3, 0.4) is 0 Å². The minimum Gasteiger partial charge on any atom is -0.468 e. The van der Waals surface area contributed by atoms with Crippen molar-refractivity contribution in [2.75, 3.05) is 7.11 Å². The Balaban J connectivity index is 2.72. The number of carbonyl (C=O) groups is 1. The molecule has 18 heavy (non-hydrogen) atoms. The van der Waals surface area contributed by atoms with Gasteiger partial charge in [0.05, 0.1) is 7.11 Å². The number of sulfonamides is 1. The highest BCUT2D eigenvalue weighted by atomic mass is 32.2. The topological polar surface area (TPSA) is 98.5 Å². The van der Waals surface area contributed by atoms with Crippen molar-refractivity contribution in [1.82, 2.24) is 4.72 Å². The number of carbonyl (C=O) groups excluding carboxylic acids is 1. The highest BCUT2D eigenvalue weighted by Crippen LogP contribution is 2.18. The quantitative estimate of drug-likeness (QED) is 0.562. The maximum absolute atomic E-state index is 12.0. The molecule has 1 aliphatic carbocycles. The van der Waals surface area contributed by atoms with Gasteiger partial charge in [-0.2, -0.15) is 0 Å². The van der Waals surface area contributed by atoms with Crippen molar-refractivity contribution >= 4 is 16.0 Å². The van der Waals surface area contributed by atoms with Gasteiger partial charge in [-0.25, -0.2) is 13.1 Å². The highest BCUT2D eigenvalue weighted by molar-refractivity contribution is 7.90. The van der Waals surface area contributed by atoms with E-state index in [4.69, 9.17) is 5.73 Å². The van der Waals surface area contributed by atoms with Gasteiger partial charge in [-0.15, -0.1) is 0 Å². The lowest BCUT2D eigenvalue weighted by atomic mass is 10.1. The van der Waals surface area contributed by atoms with E-state index < -0.39 is 21.2 Å². The van der Waals surface area contributed by atoms with Crippen LogP contribution in [0.2, 0.25) is 0 Å². The average Bonchev–Trinajstić information content (AvgIpc) is 2.52. The van der Waals surface area contributed by atoms with E-state index in [0.29, 0.717) is 6.42 Å². The maximum atomic E-state index is 12.0. The Morgan fingerprint density at radius 1 is 1.33 bits per heavy atom. The lowest BCUT2D eigenvalue weighted by Crippen LogP contribution is -2.50. The van der Waals surface area contributed by atoms with Gasteiger partial charge >= 0.3 is 5.97 Å². The van der Waals surface area contributed by atoms with Crippen LogP contribution in [0.15, 0.2) is 0 Å². The van der Waals surface area contributed by atoms with Gasteiger partial charge in [0.25, 0.3) is 0 Å². The number of hydrogen-bond donors (Lipinski definition) is 2. The fourth-order valence-corrected chi connectivity index (χ4v) is 3.36. The lowest BCUT2D eigenvalue weighted by Gasteiger charge is -2.24. The largest absolute Gasteiger partial charge is 0.468 e. The first kappa shape index (κ1) is 15.4. The van der Waals surface area contributed by atoms with E-state index in [1.165, 1.54) is 14.0 Å². The normalized spacial score (nSPS) is 27.3. The van der Waals surface area contributed by atoms with Gasteiger partial charge in [-0.3, -0.25) is 4.79 Å². The minimum absolute atomic E-state index is 0.188. The third-order valence-electron chi connectivity index (χ3n) is 3.38. The molecule has 0 saturated heterocycles. The molecule has 106 valence electrons. The van der Waals surface area contributed by atoms with Crippen LogP contribution in [0.5, 0.6) is 0 Å². The Labute approximate surface area is 108 Å². The first-order valence-corrected chi connectivity index (χ1v) is 7.77. The molecule has 3 atom stereocenters. The van der Waals surface area contributed by atoms with Crippen molar-refractivity contribution in [2.45, 2.75) is 56.4 Å². The van der Waals surface area contributed by atoms with Crippen molar-refractivity contribution in [2.24, 2.45) is 5.73 Å². The van der Waals surface area contributed by atoms with Crippen LogP contribution in [0.4, 0.5) is 0 Å². The zero-order valence-electron chi connectivity index (χ0n) is 10.9. The molecule has 0 aliphatic heterocycles. The molecule has 1 aliphatic rings. The van der Waals surface area contributed by atoms with Gasteiger partial charge < -0.3 is 10.5 Å². The molecule has 1 saturated carbocycles. The van der Waals surface area contributed by atoms with Crippen molar-refractivity contribution < 1.29 is 17.9 Å². The molecule has 0 radical (unpaired) electrons. The van der Waals surface area contributed by atoms with Crippen LogP contribution in [0, 0.1) is 0 Å². The van der Waals surface area contributed by atoms with Crippen LogP contribution >= 0.6 is 0 Å². The van der Waals surface area contributed by atoms with E-state index in [9.17, 15) is 13.2 Å². The summed E-state index contributed by atoms with van der Waals surface area (Å²) in [6.07, 6.45) is 4.56. The highest BCUT2D eigenvalue weighted by Gasteiger charge is 2.33. The third-order valence-corrected chi connectivity index (χ3v) is 5.14. The second-order valence-corrected chi connectivity index (χ2v) is 6.77. The van der Waals surface area contributed by atoms with Crippen LogP contribution in [0.25, 0.3) is 0 Å². The summed E-state index contributed by atoms with van der Waals surface area (Å²) in [7, 11) is -2.55. The van der Waals surface area contributed by atoms with Crippen molar-refractivity contribution in [3.05, 3.63) is 0 Å². The van der Waals surface area contributed by atoms with Crippen molar-refractivity contribution in [3.8, 4) is 0 Å². The van der Waals surface area contributed by atoms with Gasteiger partial charge in [0.1, 0.15) is 0 Å². The molecule has 3 N–H and O–H groups in total. The first-order valence-electron chi connectivity index (χ1n) is 6.23. The summed E-state index contributed by atoms with van der Waals surface area (Å²) < 4.78 is 31.0. The predicted octanol–water partition coefficient (Wildman–Crippen LogP) is 0.127. The summed E-state index contributed by atoms with van der Waals surface area (Å²) in [5.41, 5.74) is 5.95. The molecule has 1 fully saturated rings. The number of methoxy groups -OCH3 is 1. The Morgan fingerprint density at radius 3 is 2.56 bits per heavy atom. The van der Waals surface area contributed by atoms with E-state index >= 15 is 0 Å². The van der Waals surface area contributed by atoms with Gasteiger partial charge in [0, 0.05) is 12.1 Å². The minimum atomic E-state index is -3.72. The number of rotatable bonds is 4. The molecule has 0 aromatic rings. The van der Waals surface area contributed by atoms with E-state index in [1.807, 2.05) is 0 Å². The second-order valence-electron chi connectivity index (χ2n) is 4.74. The summed E-state index contributed by atoms with van der Waals surface area (Å²) in [6, 6.07) is -0.475. The second kappa shape index (κ2) is 6.49. The molecular formula is C11H22N2O4S. The molecule has 0 aromatic heterocycles. The molecule has 0 spiro atoms. The van der Waals surface area contributed by atoms with Gasteiger partial charge in [-0.1, -0.05) is 19.3 Å². The summed E-state index contributed by atoms with van der Waals surface area (Å²) in [6.45, 7) is 1.32. The Bertz CT molecular complexity index is 383. The Hall–Kier alpha value is -0.660. The fraction of sp³-hybridized carbons (Fsp3) is 0.909. The predicted molar refractivity (Wildman–Crippen MR) is 68.4 cm³/mol. The van der Waals surface area contributed by atoms with Gasteiger partial charge in [-0.05, 0) is 19.8 Å². The van der Waals surface area contributed by atoms with Crippen LogP contribution in [-0.2, 0) is 19.6 Å². The number of esters is 1. The molecule has 6 nitrogen and oxygen atoms in total. The summed E-state index contributed by atoms with van der Waals surface area (Å²) in [5, 5.41) is -1.21. The monoisotopic (exact) mass is 278 g/mol. The lowest BCUT2D eigenvalue weighted by molar-refractivity contribution is -0.139. The van der Waals surface area contributed by atoms with Gasteiger partial charge in [0.2, 0.25) is 10.0 Å². The Morgan fingerprint density at radius 2 is 1.94 bits per heavy atom. The van der Waals surface area contributed by atoms with Crippen LogP contribution < -0.4 is 10.5 Å². The summed E-state index contributed by atoms with van der Waals surface area (Å²) >= 11 is 0. The average molecular weight is 278 g/mol. The Kier molecular flexibility index (Phi) is 5.55. The van der Waals surface area contributed by atoms with E-state index in [-0.39, 0.29) is 12.1 Å². The molecule has 0 aromatic carbocycles. The molecule has 3 unspecified atom stereocenters. The smallest absolute Gasteiger partial charge is 0.325 e. The van der Waals surface area contributed by atoms with E-state index in [1.54, 1.807) is 0 Å². The molecule has 0 bridgehead atoms. The summed E-state index contributed by atoms with van der Waals surface area (Å²) in [4.78, 5) is 11.3. The zero-order valence-corrected chi connectivity index (χ0v) is 11.7. The van der Waals surface area contributed by atoms with Crippen LogP contribution in [-0.4, -0.2) is 38.8 Å². The SMILES string of the molecule is COC(=O)C(C)S(=O)(=O)NC1CCCCCC1N. The van der Waals surface area contributed by atoms with Crippen LogP contribution in [0.1, 0.15) is 39.0 Å². The molecule has 1 rings (SSSR count). The molecule has 7 heteroatoms. The fourth-order valence-electron chi connectivity index (χ4n) is 2.09. The zero-order chi connectivity index (χ0) is 13.8. The van der Waals surface area contributed by atoms with Crippen molar-refractivity contribution in [3.63, 3.8) is 0 Å². The molecular weight excluding hydrogens is 256 g/mol. The number of hydrogen-bond acceptors (Lipinski definition) is 5. The first-order chi connectivity index (χ1) is 8.38. The number of ether oxygens (including phenoxy) is 1. The summed E-state index contributed by atoms with van der Waals surface area (Å²) in [5.74, 6) is -0.760. The van der Waals surface area contributed by atoms with E-state index in [0.717, 1.165) is 25.7 Å². The molecule has 0 amide bonds. The van der Waals surface area contributed by atoms with Crippen molar-refractivity contribution in [1.29, 1.82) is 0 Å². The third kappa shape index (κ3) is 3.93. The number of nitrogens with one attached hydrogen (secondary N) is 1. The maximum Gasteiger partial charge on any atom is 0.325 e.